The lowest BCUT2D eigenvalue weighted by Crippen LogP contribution is -2.56. The monoisotopic (exact) mass is 495 g/mol. The van der Waals surface area contributed by atoms with Crippen LogP contribution in [-0.4, -0.2) is 34.1 Å². The Hall–Kier alpha value is -1.28. The van der Waals surface area contributed by atoms with Gasteiger partial charge in [-0.2, -0.15) is 0 Å². The Morgan fingerprint density at radius 2 is 1.63 bits per heavy atom. The molecule has 0 fully saturated rings. The lowest BCUT2D eigenvalue weighted by atomic mass is 10.1. The maximum Gasteiger partial charge on any atom is 0.337 e. The summed E-state index contributed by atoms with van der Waals surface area (Å²) in [5, 5.41) is 8.54. The summed E-state index contributed by atoms with van der Waals surface area (Å²) in [6, 6.07) is 6.49. The summed E-state index contributed by atoms with van der Waals surface area (Å²) in [6.45, 7) is 2.16. The molecule has 168 valence electrons. The van der Waals surface area contributed by atoms with E-state index in [1.165, 1.54) is 26.4 Å². The predicted molar refractivity (Wildman–Crippen MR) is 127 cm³/mol. The second kappa shape index (κ2) is 13.9. The van der Waals surface area contributed by atoms with Gasteiger partial charge in [0.2, 0.25) is 9.70 Å². The number of esters is 1. The SMILES string of the molecule is CCCCCCCCC(=O)NC(NC(=S)Nc1ccc(C(=O)OC)cc1)C(Cl)(Cl)Cl. The fraction of sp³-hybridized carbons (Fsp3) is 0.550. The highest BCUT2D eigenvalue weighted by atomic mass is 35.6. The number of hydrogen-bond donors (Lipinski definition) is 3. The summed E-state index contributed by atoms with van der Waals surface area (Å²) in [5.41, 5.74) is 1.02. The maximum absolute atomic E-state index is 12.2. The van der Waals surface area contributed by atoms with E-state index in [0.29, 0.717) is 17.7 Å². The zero-order valence-electron chi connectivity index (χ0n) is 17.1. The lowest BCUT2D eigenvalue weighted by Gasteiger charge is -2.27. The molecule has 1 atom stereocenters. The molecule has 0 bridgehead atoms. The number of carbonyl (C=O) groups excluding carboxylic acids is 2. The molecule has 1 amide bonds. The van der Waals surface area contributed by atoms with E-state index in [-0.39, 0.29) is 11.0 Å². The van der Waals surface area contributed by atoms with E-state index < -0.39 is 15.9 Å². The van der Waals surface area contributed by atoms with Crippen LogP contribution in [0.1, 0.15) is 62.2 Å². The van der Waals surface area contributed by atoms with Crippen LogP contribution in [-0.2, 0) is 9.53 Å². The number of nitrogens with one attached hydrogen (secondary N) is 3. The predicted octanol–water partition coefficient (Wildman–Crippen LogP) is 5.32. The van der Waals surface area contributed by atoms with E-state index in [2.05, 4.69) is 27.6 Å². The molecular weight excluding hydrogens is 469 g/mol. The van der Waals surface area contributed by atoms with Crippen molar-refractivity contribution in [3.8, 4) is 0 Å². The number of carbonyl (C=O) groups is 2. The third-order valence-corrected chi connectivity index (χ3v) is 5.10. The fourth-order valence-corrected chi connectivity index (χ4v) is 3.17. The van der Waals surface area contributed by atoms with Gasteiger partial charge in [-0.3, -0.25) is 4.79 Å². The number of rotatable bonds is 11. The molecule has 3 N–H and O–H groups in total. The molecule has 1 unspecified atom stereocenters. The van der Waals surface area contributed by atoms with Crippen LogP contribution in [0.15, 0.2) is 24.3 Å². The highest BCUT2D eigenvalue weighted by Gasteiger charge is 2.34. The van der Waals surface area contributed by atoms with Crippen LogP contribution in [0.2, 0.25) is 0 Å². The molecule has 0 aliphatic carbocycles. The number of methoxy groups -OCH3 is 1. The van der Waals surface area contributed by atoms with Gasteiger partial charge in [0.05, 0.1) is 12.7 Å². The fourth-order valence-electron chi connectivity index (χ4n) is 2.60. The van der Waals surface area contributed by atoms with Crippen LogP contribution >= 0.6 is 47.0 Å². The Kier molecular flexibility index (Phi) is 12.4. The highest BCUT2D eigenvalue weighted by Crippen LogP contribution is 2.29. The van der Waals surface area contributed by atoms with Crippen molar-refractivity contribution < 1.29 is 14.3 Å². The minimum Gasteiger partial charge on any atom is -0.465 e. The third-order valence-electron chi connectivity index (χ3n) is 4.23. The molecule has 0 saturated carbocycles. The number of hydrogen-bond acceptors (Lipinski definition) is 4. The molecule has 1 aromatic carbocycles. The van der Waals surface area contributed by atoms with Gasteiger partial charge < -0.3 is 20.7 Å². The lowest BCUT2D eigenvalue weighted by molar-refractivity contribution is -0.122. The zero-order valence-corrected chi connectivity index (χ0v) is 20.2. The molecule has 6 nitrogen and oxygen atoms in total. The van der Waals surface area contributed by atoms with Crippen molar-refractivity contribution in [3.63, 3.8) is 0 Å². The molecule has 0 aliphatic heterocycles. The van der Waals surface area contributed by atoms with E-state index in [1.807, 2.05) is 0 Å². The van der Waals surface area contributed by atoms with Crippen molar-refractivity contribution >= 4 is 69.7 Å². The van der Waals surface area contributed by atoms with Crippen LogP contribution < -0.4 is 16.0 Å². The molecule has 1 aromatic rings. The number of alkyl halides is 3. The summed E-state index contributed by atoms with van der Waals surface area (Å²) < 4.78 is 2.85. The van der Waals surface area contributed by atoms with Crippen LogP contribution in [0, 0.1) is 0 Å². The Bertz CT molecular complexity index is 697. The molecule has 0 heterocycles. The summed E-state index contributed by atoms with van der Waals surface area (Å²) in [4.78, 5) is 23.7. The molecule has 30 heavy (non-hydrogen) atoms. The Labute approximate surface area is 198 Å². The van der Waals surface area contributed by atoms with Crippen LogP contribution in [0.3, 0.4) is 0 Å². The standard InChI is InChI=1S/C20H28Cl3N3O3S/c1-3-4-5-6-7-8-9-16(27)25-18(20(21,22)23)26-19(30)24-15-12-10-14(11-13-15)17(28)29-2/h10-13,18H,3-9H2,1-2H3,(H,25,27)(H2,24,26,30). The molecule has 1 rings (SSSR count). The second-order valence-corrected chi connectivity index (χ2v) is 9.50. The normalized spacial score (nSPS) is 12.0. The number of unbranched alkanes of at least 4 members (excludes halogenated alkanes) is 5. The summed E-state index contributed by atoms with van der Waals surface area (Å²) >= 11 is 23.2. The van der Waals surface area contributed by atoms with Gasteiger partial charge in [0.15, 0.2) is 5.11 Å². The minimum absolute atomic E-state index is 0.150. The molecule has 10 heteroatoms. The van der Waals surface area contributed by atoms with Crippen LogP contribution in [0.4, 0.5) is 5.69 Å². The highest BCUT2D eigenvalue weighted by molar-refractivity contribution is 7.80. The number of halogens is 3. The van der Waals surface area contributed by atoms with Gasteiger partial charge in [-0.1, -0.05) is 73.8 Å². The van der Waals surface area contributed by atoms with Crippen molar-refractivity contribution in [3.05, 3.63) is 29.8 Å². The van der Waals surface area contributed by atoms with Gasteiger partial charge in [0.25, 0.3) is 0 Å². The minimum atomic E-state index is -1.81. The van der Waals surface area contributed by atoms with E-state index in [4.69, 9.17) is 47.0 Å². The van der Waals surface area contributed by atoms with Gasteiger partial charge in [-0.05, 0) is 42.9 Å². The number of amides is 1. The van der Waals surface area contributed by atoms with Crippen LogP contribution in [0.25, 0.3) is 0 Å². The van der Waals surface area contributed by atoms with Gasteiger partial charge in [-0.15, -0.1) is 0 Å². The van der Waals surface area contributed by atoms with Crippen molar-refractivity contribution in [1.82, 2.24) is 10.6 Å². The smallest absolute Gasteiger partial charge is 0.337 e. The molecule has 0 aromatic heterocycles. The first kappa shape index (κ1) is 26.8. The molecule has 0 spiro atoms. The number of anilines is 1. The van der Waals surface area contributed by atoms with Crippen molar-refractivity contribution in [2.24, 2.45) is 0 Å². The molecule has 0 saturated heterocycles. The first-order valence-electron chi connectivity index (χ1n) is 9.79. The van der Waals surface area contributed by atoms with Gasteiger partial charge >= 0.3 is 5.97 Å². The Morgan fingerprint density at radius 1 is 1.03 bits per heavy atom. The summed E-state index contributed by atoms with van der Waals surface area (Å²) in [6.07, 6.45) is 5.78. The Balaban J connectivity index is 2.54. The van der Waals surface area contributed by atoms with Crippen molar-refractivity contribution in [1.29, 1.82) is 0 Å². The largest absolute Gasteiger partial charge is 0.465 e. The number of benzene rings is 1. The molecule has 0 aliphatic rings. The van der Waals surface area contributed by atoms with E-state index >= 15 is 0 Å². The number of ether oxygens (including phenoxy) is 1. The van der Waals surface area contributed by atoms with Gasteiger partial charge in [0, 0.05) is 12.1 Å². The second-order valence-electron chi connectivity index (χ2n) is 6.73. The van der Waals surface area contributed by atoms with Gasteiger partial charge in [-0.25, -0.2) is 4.79 Å². The average molecular weight is 497 g/mol. The Morgan fingerprint density at radius 3 is 2.20 bits per heavy atom. The maximum atomic E-state index is 12.2. The van der Waals surface area contributed by atoms with Crippen LogP contribution in [0.5, 0.6) is 0 Å². The van der Waals surface area contributed by atoms with E-state index in [0.717, 1.165) is 19.3 Å². The first-order valence-corrected chi connectivity index (χ1v) is 11.3. The van der Waals surface area contributed by atoms with E-state index in [9.17, 15) is 9.59 Å². The topological polar surface area (TPSA) is 79.5 Å². The quantitative estimate of drug-likeness (QED) is 0.126. The average Bonchev–Trinajstić information content (AvgIpc) is 2.69. The van der Waals surface area contributed by atoms with Gasteiger partial charge in [0.1, 0.15) is 6.17 Å². The number of thiocarbonyl (C=S) groups is 1. The van der Waals surface area contributed by atoms with Crippen molar-refractivity contribution in [2.75, 3.05) is 12.4 Å². The molecule has 0 radical (unpaired) electrons. The molecular formula is C20H28Cl3N3O3S. The zero-order chi connectivity index (χ0) is 22.6. The summed E-state index contributed by atoms with van der Waals surface area (Å²) in [7, 11) is 1.31. The third kappa shape index (κ3) is 10.7. The summed E-state index contributed by atoms with van der Waals surface area (Å²) in [5.74, 6) is -0.661. The van der Waals surface area contributed by atoms with Crippen molar-refractivity contribution in [2.45, 2.75) is 61.8 Å². The first-order chi connectivity index (χ1) is 14.2. The van der Waals surface area contributed by atoms with E-state index in [1.54, 1.807) is 24.3 Å².